The predicted octanol–water partition coefficient (Wildman–Crippen LogP) is 5.38. The molecule has 2 aliphatic rings. The maximum atomic E-state index is 14.1. The lowest BCUT2D eigenvalue weighted by molar-refractivity contribution is -0.147. The first-order valence-corrected chi connectivity index (χ1v) is 13.6. The van der Waals surface area contributed by atoms with Gasteiger partial charge in [0.05, 0.1) is 18.4 Å². The number of hydrogen-bond donors (Lipinski definition) is 1. The molecule has 2 aliphatic heterocycles. The van der Waals surface area contributed by atoms with E-state index in [1.54, 1.807) is 9.80 Å². The third-order valence-electron chi connectivity index (χ3n) is 8.06. The monoisotopic (exact) mass is 524 g/mol. The highest BCUT2D eigenvalue weighted by molar-refractivity contribution is 6.30. The number of benzene rings is 2. The SMILES string of the molecule is Cc1cccc(C2CN(CC(=O)N3CCC(C(=O)O)CC3)C(=O)C(CC(C)C)c3ccc(Cl)cc32)c1C. The zero-order valence-electron chi connectivity index (χ0n) is 22.2. The fourth-order valence-corrected chi connectivity index (χ4v) is 6.01. The Morgan fingerprint density at radius 3 is 2.41 bits per heavy atom. The smallest absolute Gasteiger partial charge is 0.306 e. The Bertz CT molecular complexity index is 1190. The van der Waals surface area contributed by atoms with E-state index in [4.69, 9.17) is 11.6 Å². The van der Waals surface area contributed by atoms with Crippen LogP contribution < -0.4 is 0 Å². The Kier molecular flexibility index (Phi) is 8.27. The highest BCUT2D eigenvalue weighted by atomic mass is 35.5. The number of likely N-dealkylation sites (tertiary alicyclic amines) is 1. The summed E-state index contributed by atoms with van der Waals surface area (Å²) in [6, 6.07) is 12.1. The van der Waals surface area contributed by atoms with Gasteiger partial charge in [-0.1, -0.05) is 49.7 Å². The van der Waals surface area contributed by atoms with E-state index in [2.05, 4.69) is 39.8 Å². The van der Waals surface area contributed by atoms with Crippen molar-refractivity contribution in [1.29, 1.82) is 0 Å². The van der Waals surface area contributed by atoms with Gasteiger partial charge in [-0.25, -0.2) is 0 Å². The van der Waals surface area contributed by atoms with Crippen LogP contribution in [0.4, 0.5) is 0 Å². The van der Waals surface area contributed by atoms with Crippen LogP contribution in [0.15, 0.2) is 36.4 Å². The average molecular weight is 525 g/mol. The first-order valence-electron chi connectivity index (χ1n) is 13.2. The van der Waals surface area contributed by atoms with Gasteiger partial charge in [0.25, 0.3) is 0 Å². The molecule has 198 valence electrons. The van der Waals surface area contributed by atoms with Crippen LogP contribution >= 0.6 is 11.6 Å². The minimum atomic E-state index is -0.806. The number of fused-ring (bicyclic) bond motifs is 1. The molecule has 2 atom stereocenters. The zero-order valence-corrected chi connectivity index (χ0v) is 22.9. The van der Waals surface area contributed by atoms with Gasteiger partial charge in [-0.15, -0.1) is 0 Å². The molecule has 0 aromatic heterocycles. The first kappa shape index (κ1) is 27.2. The zero-order chi connectivity index (χ0) is 26.9. The second-order valence-corrected chi connectivity index (χ2v) is 11.4. The molecule has 6 nitrogen and oxygen atoms in total. The van der Waals surface area contributed by atoms with Crippen LogP contribution in [-0.4, -0.2) is 58.9 Å². The average Bonchev–Trinajstić information content (AvgIpc) is 2.96. The summed E-state index contributed by atoms with van der Waals surface area (Å²) >= 11 is 6.50. The van der Waals surface area contributed by atoms with E-state index in [1.165, 1.54) is 11.1 Å². The van der Waals surface area contributed by atoms with Crippen molar-refractivity contribution in [3.8, 4) is 0 Å². The minimum Gasteiger partial charge on any atom is -0.481 e. The molecular formula is C30H37ClN2O4. The summed E-state index contributed by atoms with van der Waals surface area (Å²) < 4.78 is 0. The van der Waals surface area contributed by atoms with Crippen molar-refractivity contribution in [3.63, 3.8) is 0 Å². The van der Waals surface area contributed by atoms with Crippen LogP contribution in [0.3, 0.4) is 0 Å². The Labute approximate surface area is 224 Å². The maximum Gasteiger partial charge on any atom is 0.306 e. The molecule has 0 saturated carbocycles. The molecule has 1 fully saturated rings. The normalized spacial score (nSPS) is 20.6. The van der Waals surface area contributed by atoms with Crippen LogP contribution in [0.1, 0.15) is 72.8 Å². The lowest BCUT2D eigenvalue weighted by Crippen LogP contribution is -2.47. The molecule has 2 amide bonds. The van der Waals surface area contributed by atoms with Gasteiger partial charge in [-0.3, -0.25) is 14.4 Å². The van der Waals surface area contributed by atoms with Crippen LogP contribution in [0.2, 0.25) is 5.02 Å². The Morgan fingerprint density at radius 1 is 1.05 bits per heavy atom. The molecule has 2 heterocycles. The van der Waals surface area contributed by atoms with E-state index in [0.29, 0.717) is 49.8 Å². The van der Waals surface area contributed by atoms with Crippen molar-refractivity contribution in [2.45, 2.75) is 58.8 Å². The van der Waals surface area contributed by atoms with Crippen molar-refractivity contribution in [2.24, 2.45) is 11.8 Å². The first-order chi connectivity index (χ1) is 17.6. The molecule has 2 aromatic rings. The third kappa shape index (κ3) is 5.85. The molecule has 37 heavy (non-hydrogen) atoms. The summed E-state index contributed by atoms with van der Waals surface area (Å²) in [5.41, 5.74) is 5.54. The number of aliphatic carboxylic acids is 1. The topological polar surface area (TPSA) is 77.9 Å². The molecule has 0 radical (unpaired) electrons. The highest BCUT2D eigenvalue weighted by Gasteiger charge is 2.38. The fourth-order valence-electron chi connectivity index (χ4n) is 5.82. The van der Waals surface area contributed by atoms with Crippen molar-refractivity contribution in [1.82, 2.24) is 9.80 Å². The van der Waals surface area contributed by atoms with Gasteiger partial charge < -0.3 is 14.9 Å². The van der Waals surface area contributed by atoms with E-state index >= 15 is 0 Å². The van der Waals surface area contributed by atoms with Crippen molar-refractivity contribution >= 4 is 29.4 Å². The van der Waals surface area contributed by atoms with E-state index in [1.807, 2.05) is 24.3 Å². The number of piperidine rings is 1. The number of halogens is 1. The number of nitrogens with zero attached hydrogens (tertiary/aromatic N) is 2. The number of rotatable bonds is 6. The highest BCUT2D eigenvalue weighted by Crippen LogP contribution is 2.41. The number of aryl methyl sites for hydroxylation is 1. The van der Waals surface area contributed by atoms with Gasteiger partial charge >= 0.3 is 5.97 Å². The van der Waals surface area contributed by atoms with Crippen molar-refractivity contribution in [2.75, 3.05) is 26.2 Å². The number of carbonyl (C=O) groups excluding carboxylic acids is 2. The summed E-state index contributed by atoms with van der Waals surface area (Å²) in [5, 5.41) is 9.94. The predicted molar refractivity (Wildman–Crippen MR) is 145 cm³/mol. The van der Waals surface area contributed by atoms with Gasteiger partial charge in [0.2, 0.25) is 11.8 Å². The van der Waals surface area contributed by atoms with Gasteiger partial charge in [-0.05, 0) is 79.0 Å². The van der Waals surface area contributed by atoms with Crippen LogP contribution in [0, 0.1) is 25.7 Å². The summed E-state index contributed by atoms with van der Waals surface area (Å²) in [6.45, 7) is 9.61. The number of amides is 2. The Morgan fingerprint density at radius 2 is 1.76 bits per heavy atom. The number of carboxylic acids is 1. The van der Waals surface area contributed by atoms with Crippen molar-refractivity contribution in [3.05, 3.63) is 69.2 Å². The minimum absolute atomic E-state index is 0.00570. The lowest BCUT2D eigenvalue weighted by Gasteiger charge is -2.33. The van der Waals surface area contributed by atoms with Crippen LogP contribution in [0.5, 0.6) is 0 Å². The molecule has 2 aromatic carbocycles. The molecule has 0 spiro atoms. The quantitative estimate of drug-likeness (QED) is 0.550. The summed E-state index contributed by atoms with van der Waals surface area (Å²) in [7, 11) is 0. The Balaban J connectivity index is 1.71. The summed E-state index contributed by atoms with van der Waals surface area (Å²) in [5.74, 6) is -1.54. The second-order valence-electron chi connectivity index (χ2n) is 11.0. The van der Waals surface area contributed by atoms with Gasteiger partial charge in [0.15, 0.2) is 0 Å². The van der Waals surface area contributed by atoms with Gasteiger partial charge in [0.1, 0.15) is 0 Å². The number of carbonyl (C=O) groups is 3. The Hall–Kier alpha value is -2.86. The van der Waals surface area contributed by atoms with Crippen LogP contribution in [-0.2, 0) is 14.4 Å². The molecule has 4 rings (SSSR count). The number of hydrogen-bond acceptors (Lipinski definition) is 3. The molecule has 1 saturated heterocycles. The fraction of sp³-hybridized carbons (Fsp3) is 0.500. The van der Waals surface area contributed by atoms with E-state index in [0.717, 1.165) is 16.7 Å². The molecule has 0 bridgehead atoms. The van der Waals surface area contributed by atoms with Crippen LogP contribution in [0.25, 0.3) is 0 Å². The molecular weight excluding hydrogens is 488 g/mol. The standard InChI is InChI=1S/C30H37ClN2O4/c1-18(2)14-26-24-9-8-22(31)15-25(24)27(23-7-5-6-19(3)20(23)4)16-33(29(26)35)17-28(34)32-12-10-21(11-13-32)30(36)37/h5-9,15,18,21,26-27H,10-14,16-17H2,1-4H3,(H,36,37). The molecule has 0 aliphatic carbocycles. The summed E-state index contributed by atoms with van der Waals surface area (Å²) in [4.78, 5) is 42.2. The van der Waals surface area contributed by atoms with Gasteiger partial charge in [-0.2, -0.15) is 0 Å². The van der Waals surface area contributed by atoms with Gasteiger partial charge in [0, 0.05) is 30.6 Å². The third-order valence-corrected chi connectivity index (χ3v) is 8.30. The van der Waals surface area contributed by atoms with E-state index < -0.39 is 11.9 Å². The summed E-state index contributed by atoms with van der Waals surface area (Å²) in [6.07, 6.45) is 1.57. The van der Waals surface area contributed by atoms with E-state index in [9.17, 15) is 19.5 Å². The molecule has 1 N–H and O–H groups in total. The van der Waals surface area contributed by atoms with E-state index in [-0.39, 0.29) is 30.2 Å². The molecule has 7 heteroatoms. The second kappa shape index (κ2) is 11.3. The largest absolute Gasteiger partial charge is 0.481 e. The molecule has 2 unspecified atom stereocenters. The number of carboxylic acid groups (broad SMARTS) is 1. The van der Waals surface area contributed by atoms with Crippen molar-refractivity contribution < 1.29 is 19.5 Å². The lowest BCUT2D eigenvalue weighted by atomic mass is 9.81. The maximum absolute atomic E-state index is 14.1.